The van der Waals surface area contributed by atoms with Gasteiger partial charge >= 0.3 is 0 Å². The molecule has 1 unspecified atom stereocenters. The van der Waals surface area contributed by atoms with E-state index in [1.807, 2.05) is 0 Å². The number of hydrogen-bond donors (Lipinski definition) is 1. The van der Waals surface area contributed by atoms with Gasteiger partial charge in [-0.2, -0.15) is 0 Å². The quantitative estimate of drug-likeness (QED) is 0.800. The predicted molar refractivity (Wildman–Crippen MR) is 60.1 cm³/mol. The Labute approximate surface area is 99.0 Å². The van der Waals surface area contributed by atoms with Crippen LogP contribution in [0, 0.1) is 0 Å². The fourth-order valence-corrected chi connectivity index (χ4v) is 3.00. The summed E-state index contributed by atoms with van der Waals surface area (Å²) in [5, 5.41) is 0.352. The Balaban J connectivity index is 2.14. The van der Waals surface area contributed by atoms with Crippen molar-refractivity contribution < 1.29 is 8.78 Å². The molecule has 0 aliphatic heterocycles. The first kappa shape index (κ1) is 10.4. The van der Waals surface area contributed by atoms with Crippen molar-refractivity contribution in [1.29, 1.82) is 0 Å². The number of nitrogens with zero attached hydrogens (tertiary/aromatic N) is 1. The number of fused-ring (bicyclic) bond motifs is 1. The molecular formula is C10H7ClF2N2S. The van der Waals surface area contributed by atoms with E-state index in [0.717, 1.165) is 4.70 Å². The largest absolute Gasteiger partial charge is 0.316 e. The van der Waals surface area contributed by atoms with Gasteiger partial charge in [0, 0.05) is 11.3 Å². The first-order valence-corrected chi connectivity index (χ1v) is 5.85. The van der Waals surface area contributed by atoms with E-state index in [9.17, 15) is 8.78 Å². The molecule has 2 aromatic heterocycles. The molecule has 0 spiro atoms. The van der Waals surface area contributed by atoms with Gasteiger partial charge in [-0.05, 0) is 18.2 Å². The number of aromatic nitrogens is 1. The van der Waals surface area contributed by atoms with Crippen LogP contribution < -0.4 is 5.73 Å². The van der Waals surface area contributed by atoms with Gasteiger partial charge in [0.05, 0.1) is 10.2 Å². The maximum atomic E-state index is 13.1. The van der Waals surface area contributed by atoms with Crippen molar-refractivity contribution in [3.63, 3.8) is 0 Å². The maximum Gasteiger partial charge on any atom is 0.273 e. The number of pyridine rings is 1. The Morgan fingerprint density at radius 3 is 2.75 bits per heavy atom. The highest BCUT2D eigenvalue weighted by Crippen LogP contribution is 2.59. The van der Waals surface area contributed by atoms with Crippen molar-refractivity contribution in [2.75, 3.05) is 0 Å². The molecule has 1 fully saturated rings. The molecular weight excluding hydrogens is 254 g/mol. The summed E-state index contributed by atoms with van der Waals surface area (Å²) in [4.78, 5) is 4.54. The molecule has 84 valence electrons. The van der Waals surface area contributed by atoms with Gasteiger partial charge in [-0.1, -0.05) is 11.6 Å². The number of nitrogens with two attached hydrogens (primary N) is 1. The fourth-order valence-electron chi connectivity index (χ4n) is 1.69. The van der Waals surface area contributed by atoms with Crippen LogP contribution in [0.25, 0.3) is 10.2 Å². The van der Waals surface area contributed by atoms with Gasteiger partial charge in [0.15, 0.2) is 0 Å². The first-order chi connectivity index (χ1) is 7.42. The number of halogens is 3. The normalized spacial score (nSPS) is 27.2. The molecule has 2 N–H and O–H groups in total. The van der Waals surface area contributed by atoms with Gasteiger partial charge in [-0.25, -0.2) is 13.8 Å². The second-order valence-corrected chi connectivity index (χ2v) is 5.45. The highest BCUT2D eigenvalue weighted by Gasteiger charge is 2.70. The molecule has 1 saturated carbocycles. The lowest BCUT2D eigenvalue weighted by atomic mass is 10.2. The predicted octanol–water partition coefficient (Wildman–Crippen LogP) is 3.14. The van der Waals surface area contributed by atoms with Crippen molar-refractivity contribution in [3.05, 3.63) is 28.2 Å². The Hall–Kier alpha value is -0.780. The van der Waals surface area contributed by atoms with Gasteiger partial charge in [0.2, 0.25) is 0 Å². The molecule has 1 atom stereocenters. The van der Waals surface area contributed by atoms with Gasteiger partial charge in [-0.15, -0.1) is 11.3 Å². The minimum absolute atomic E-state index is 0.291. The third kappa shape index (κ3) is 1.28. The van der Waals surface area contributed by atoms with Crippen molar-refractivity contribution in [3.8, 4) is 0 Å². The van der Waals surface area contributed by atoms with Crippen LogP contribution in [0.4, 0.5) is 8.78 Å². The average molecular weight is 261 g/mol. The molecule has 2 aromatic rings. The summed E-state index contributed by atoms with van der Waals surface area (Å²) in [6.07, 6.45) is -0.291. The SMILES string of the molecule is NC1(c2cc3nc(Cl)ccc3s2)CC1(F)F. The van der Waals surface area contributed by atoms with Gasteiger partial charge in [-0.3, -0.25) is 0 Å². The van der Waals surface area contributed by atoms with E-state index < -0.39 is 11.5 Å². The monoisotopic (exact) mass is 260 g/mol. The van der Waals surface area contributed by atoms with Crippen LogP contribution >= 0.6 is 22.9 Å². The van der Waals surface area contributed by atoms with E-state index >= 15 is 0 Å². The average Bonchev–Trinajstić information content (AvgIpc) is 2.60. The third-order valence-corrected chi connectivity index (χ3v) is 4.29. The molecule has 3 rings (SSSR count). The van der Waals surface area contributed by atoms with Crippen LogP contribution in [-0.4, -0.2) is 10.9 Å². The maximum absolute atomic E-state index is 13.1. The smallest absolute Gasteiger partial charge is 0.273 e. The standard InChI is InChI=1S/C10H7ClF2N2S/c11-8-2-1-6-5(15-8)3-7(16-6)9(14)4-10(9,12)13/h1-3H,4,14H2. The fraction of sp³-hybridized carbons (Fsp3) is 0.300. The van der Waals surface area contributed by atoms with Crippen LogP contribution in [0.1, 0.15) is 11.3 Å². The molecule has 1 aliphatic carbocycles. The van der Waals surface area contributed by atoms with Crippen molar-refractivity contribution >= 4 is 33.2 Å². The summed E-state index contributed by atoms with van der Waals surface area (Å²) in [5.41, 5.74) is 4.78. The number of alkyl halides is 2. The molecule has 0 saturated heterocycles. The molecule has 0 aromatic carbocycles. The lowest BCUT2D eigenvalue weighted by Crippen LogP contribution is -2.25. The van der Waals surface area contributed by atoms with Crippen LogP contribution in [0.2, 0.25) is 5.15 Å². The molecule has 0 amide bonds. The minimum atomic E-state index is -2.79. The van der Waals surface area contributed by atoms with Crippen LogP contribution in [0.15, 0.2) is 18.2 Å². The Morgan fingerprint density at radius 2 is 2.12 bits per heavy atom. The summed E-state index contributed by atoms with van der Waals surface area (Å²) < 4.78 is 27.0. The highest BCUT2D eigenvalue weighted by molar-refractivity contribution is 7.19. The van der Waals surface area contributed by atoms with E-state index in [2.05, 4.69) is 4.98 Å². The molecule has 0 radical (unpaired) electrons. The second kappa shape index (κ2) is 2.91. The van der Waals surface area contributed by atoms with Crippen molar-refractivity contribution in [2.24, 2.45) is 5.73 Å². The van der Waals surface area contributed by atoms with Crippen LogP contribution in [-0.2, 0) is 5.54 Å². The number of hydrogen-bond acceptors (Lipinski definition) is 3. The number of rotatable bonds is 1. The number of thiophene rings is 1. The van der Waals surface area contributed by atoms with E-state index in [1.165, 1.54) is 11.3 Å². The summed E-state index contributed by atoms with van der Waals surface area (Å²) in [6, 6.07) is 5.01. The van der Waals surface area contributed by atoms with Gasteiger partial charge in [0.1, 0.15) is 10.7 Å². The Kier molecular flexibility index (Phi) is 1.89. The zero-order valence-electron chi connectivity index (χ0n) is 8.01. The minimum Gasteiger partial charge on any atom is -0.316 e. The first-order valence-electron chi connectivity index (χ1n) is 4.66. The van der Waals surface area contributed by atoms with E-state index in [4.69, 9.17) is 17.3 Å². The summed E-state index contributed by atoms with van der Waals surface area (Å²) in [5.74, 6) is -2.79. The summed E-state index contributed by atoms with van der Waals surface area (Å²) >= 11 is 6.98. The Morgan fingerprint density at radius 1 is 1.44 bits per heavy atom. The molecule has 1 aliphatic rings. The van der Waals surface area contributed by atoms with Crippen LogP contribution in [0.3, 0.4) is 0 Å². The second-order valence-electron chi connectivity index (χ2n) is 3.98. The molecule has 2 heterocycles. The van der Waals surface area contributed by atoms with Crippen molar-refractivity contribution in [1.82, 2.24) is 4.98 Å². The summed E-state index contributed by atoms with van der Waals surface area (Å²) in [7, 11) is 0. The lowest BCUT2D eigenvalue weighted by Gasteiger charge is -2.05. The zero-order valence-corrected chi connectivity index (χ0v) is 9.58. The Bertz CT molecular complexity index is 583. The summed E-state index contributed by atoms with van der Waals surface area (Å²) in [6.45, 7) is 0. The van der Waals surface area contributed by atoms with E-state index in [0.29, 0.717) is 15.5 Å². The van der Waals surface area contributed by atoms with Crippen LogP contribution in [0.5, 0.6) is 0 Å². The molecule has 0 bridgehead atoms. The van der Waals surface area contributed by atoms with E-state index in [1.54, 1.807) is 18.2 Å². The molecule has 2 nitrogen and oxygen atoms in total. The van der Waals surface area contributed by atoms with Gasteiger partial charge in [0.25, 0.3) is 5.92 Å². The lowest BCUT2D eigenvalue weighted by molar-refractivity contribution is 0.0899. The zero-order chi connectivity index (χ0) is 11.6. The van der Waals surface area contributed by atoms with Gasteiger partial charge < -0.3 is 5.73 Å². The topological polar surface area (TPSA) is 38.9 Å². The highest BCUT2D eigenvalue weighted by atomic mass is 35.5. The molecule has 16 heavy (non-hydrogen) atoms. The third-order valence-electron chi connectivity index (χ3n) is 2.81. The molecule has 6 heteroatoms. The van der Waals surface area contributed by atoms with Crippen molar-refractivity contribution in [2.45, 2.75) is 17.9 Å². The van der Waals surface area contributed by atoms with E-state index in [-0.39, 0.29) is 6.42 Å².